The first-order valence-corrected chi connectivity index (χ1v) is 6.88. The third-order valence-corrected chi connectivity index (χ3v) is 3.98. The Hall–Kier alpha value is -1.13. The molecule has 0 unspecified atom stereocenters. The van der Waals surface area contributed by atoms with Crippen LogP contribution in [0.2, 0.25) is 0 Å². The number of halogens is 1. The summed E-state index contributed by atoms with van der Waals surface area (Å²) in [6.07, 6.45) is 1.37. The Morgan fingerprint density at radius 1 is 1.32 bits per heavy atom. The van der Waals surface area contributed by atoms with Crippen molar-refractivity contribution in [2.24, 2.45) is 0 Å². The highest BCUT2D eigenvalue weighted by Crippen LogP contribution is 2.31. The maximum Gasteiger partial charge on any atom is 0.131 e. The van der Waals surface area contributed by atoms with Crippen molar-refractivity contribution in [1.82, 2.24) is 4.90 Å². The van der Waals surface area contributed by atoms with Gasteiger partial charge in [0.15, 0.2) is 0 Å². The zero-order valence-electron chi connectivity index (χ0n) is 11.9. The number of aliphatic hydroxyl groups is 1. The van der Waals surface area contributed by atoms with Crippen molar-refractivity contribution in [3.63, 3.8) is 0 Å². The average Bonchev–Trinajstić information content (AvgIpc) is 2.38. The van der Waals surface area contributed by atoms with E-state index in [9.17, 15) is 9.50 Å². The smallest absolute Gasteiger partial charge is 0.131 e. The minimum absolute atomic E-state index is 0.317. The van der Waals surface area contributed by atoms with Gasteiger partial charge in [0.05, 0.1) is 6.10 Å². The molecule has 1 aromatic carbocycles. The lowest BCUT2D eigenvalue weighted by molar-refractivity contribution is 0.194. The zero-order valence-corrected chi connectivity index (χ0v) is 11.9. The quantitative estimate of drug-likeness (QED) is 0.910. The van der Waals surface area contributed by atoms with E-state index in [0.717, 1.165) is 31.6 Å². The predicted molar refractivity (Wildman–Crippen MR) is 76.0 cm³/mol. The summed E-state index contributed by atoms with van der Waals surface area (Å²) in [6.45, 7) is 3.44. The molecule has 1 heterocycles. The number of hydrogen-bond acceptors (Lipinski definition) is 3. The Morgan fingerprint density at radius 2 is 1.95 bits per heavy atom. The van der Waals surface area contributed by atoms with Crippen molar-refractivity contribution >= 4 is 5.69 Å². The molecule has 1 saturated heterocycles. The molecule has 0 aromatic heterocycles. The summed E-state index contributed by atoms with van der Waals surface area (Å²) in [7, 11) is 4.20. The Morgan fingerprint density at radius 3 is 2.47 bits per heavy atom. The van der Waals surface area contributed by atoms with Crippen LogP contribution in [0.15, 0.2) is 18.2 Å². The van der Waals surface area contributed by atoms with E-state index in [4.69, 9.17) is 0 Å². The van der Waals surface area contributed by atoms with Gasteiger partial charge in [-0.2, -0.15) is 0 Å². The lowest BCUT2D eigenvalue weighted by Crippen LogP contribution is -2.42. The van der Waals surface area contributed by atoms with Crippen LogP contribution < -0.4 is 4.90 Å². The molecule has 3 nitrogen and oxygen atoms in total. The van der Waals surface area contributed by atoms with Gasteiger partial charge in [-0.25, -0.2) is 4.39 Å². The van der Waals surface area contributed by atoms with Crippen molar-refractivity contribution in [2.75, 3.05) is 32.1 Å². The molecule has 1 atom stereocenters. The van der Waals surface area contributed by atoms with Gasteiger partial charge in [-0.05, 0) is 46.0 Å². The molecule has 19 heavy (non-hydrogen) atoms. The highest BCUT2D eigenvalue weighted by molar-refractivity contribution is 5.55. The lowest BCUT2D eigenvalue weighted by Gasteiger charge is -2.37. The SMILES string of the molecule is C[C@@H](O)c1c(F)cccc1N1CCC(N(C)C)CC1. The van der Waals surface area contributed by atoms with Gasteiger partial charge in [0.25, 0.3) is 0 Å². The van der Waals surface area contributed by atoms with E-state index in [0.29, 0.717) is 11.6 Å². The first kappa shape index (κ1) is 14.3. The van der Waals surface area contributed by atoms with Crippen LogP contribution in [0, 0.1) is 5.82 Å². The summed E-state index contributed by atoms with van der Waals surface area (Å²) >= 11 is 0. The molecule has 0 radical (unpaired) electrons. The molecule has 2 rings (SSSR count). The molecule has 1 aliphatic rings. The van der Waals surface area contributed by atoms with Crippen molar-refractivity contribution in [3.8, 4) is 0 Å². The van der Waals surface area contributed by atoms with Crippen molar-refractivity contribution in [2.45, 2.75) is 31.9 Å². The second kappa shape index (κ2) is 5.88. The fraction of sp³-hybridized carbons (Fsp3) is 0.600. The summed E-state index contributed by atoms with van der Waals surface area (Å²) in [5, 5.41) is 9.78. The van der Waals surface area contributed by atoms with Crippen LogP contribution in [-0.4, -0.2) is 43.2 Å². The van der Waals surface area contributed by atoms with Gasteiger partial charge >= 0.3 is 0 Å². The summed E-state index contributed by atoms with van der Waals surface area (Å²) < 4.78 is 13.9. The van der Waals surface area contributed by atoms with E-state index < -0.39 is 6.10 Å². The maximum atomic E-state index is 13.9. The van der Waals surface area contributed by atoms with E-state index in [1.165, 1.54) is 6.07 Å². The van der Waals surface area contributed by atoms with Gasteiger partial charge in [-0.3, -0.25) is 0 Å². The number of anilines is 1. The summed E-state index contributed by atoms with van der Waals surface area (Å²) in [5.74, 6) is -0.317. The molecule has 4 heteroatoms. The largest absolute Gasteiger partial charge is 0.389 e. The number of rotatable bonds is 3. The monoisotopic (exact) mass is 266 g/mol. The first-order valence-electron chi connectivity index (χ1n) is 6.88. The van der Waals surface area contributed by atoms with Gasteiger partial charge in [-0.15, -0.1) is 0 Å². The molecule has 1 aromatic rings. The Bertz CT molecular complexity index is 426. The third-order valence-electron chi connectivity index (χ3n) is 3.98. The van der Waals surface area contributed by atoms with E-state index in [1.54, 1.807) is 13.0 Å². The van der Waals surface area contributed by atoms with Crippen molar-refractivity contribution in [1.29, 1.82) is 0 Å². The Labute approximate surface area is 114 Å². The number of piperidine rings is 1. The summed E-state index contributed by atoms with van der Waals surface area (Å²) in [4.78, 5) is 4.43. The molecular formula is C15H23FN2O. The standard InChI is InChI=1S/C15H23FN2O/c1-11(19)15-13(16)5-4-6-14(15)18-9-7-12(8-10-18)17(2)3/h4-6,11-12,19H,7-10H2,1-3H3/t11-/m1/s1. The second-order valence-electron chi connectivity index (χ2n) is 5.53. The first-order chi connectivity index (χ1) is 9.00. The topological polar surface area (TPSA) is 26.7 Å². The van der Waals surface area contributed by atoms with E-state index in [2.05, 4.69) is 23.9 Å². The number of benzene rings is 1. The summed E-state index contributed by atoms with van der Waals surface area (Å²) in [5.41, 5.74) is 1.26. The van der Waals surface area contributed by atoms with Crippen LogP contribution in [0.3, 0.4) is 0 Å². The Balaban J connectivity index is 2.18. The molecule has 0 bridgehead atoms. The fourth-order valence-electron chi connectivity index (χ4n) is 2.84. The van der Waals surface area contributed by atoms with Crippen LogP contribution in [0.4, 0.5) is 10.1 Å². The molecule has 0 amide bonds. The van der Waals surface area contributed by atoms with Gasteiger partial charge in [0, 0.05) is 30.4 Å². The summed E-state index contributed by atoms with van der Waals surface area (Å²) in [6, 6.07) is 5.63. The minimum Gasteiger partial charge on any atom is -0.389 e. The fourth-order valence-corrected chi connectivity index (χ4v) is 2.84. The van der Waals surface area contributed by atoms with Gasteiger partial charge in [-0.1, -0.05) is 6.07 Å². The van der Waals surface area contributed by atoms with E-state index in [-0.39, 0.29) is 5.82 Å². The predicted octanol–water partition coefficient (Wildman–Crippen LogP) is 2.41. The highest BCUT2D eigenvalue weighted by Gasteiger charge is 2.24. The van der Waals surface area contributed by atoms with Crippen LogP contribution in [-0.2, 0) is 0 Å². The molecule has 0 spiro atoms. The molecule has 1 aliphatic heterocycles. The lowest BCUT2D eigenvalue weighted by atomic mass is 10.0. The maximum absolute atomic E-state index is 13.9. The van der Waals surface area contributed by atoms with Crippen LogP contribution >= 0.6 is 0 Å². The van der Waals surface area contributed by atoms with Gasteiger partial charge in [0.1, 0.15) is 5.82 Å². The van der Waals surface area contributed by atoms with Crippen LogP contribution in [0.1, 0.15) is 31.4 Å². The number of nitrogens with zero attached hydrogens (tertiary/aromatic N) is 2. The van der Waals surface area contributed by atoms with Gasteiger partial charge in [0.2, 0.25) is 0 Å². The van der Waals surface area contributed by atoms with E-state index >= 15 is 0 Å². The molecule has 1 fully saturated rings. The molecule has 0 saturated carbocycles. The zero-order chi connectivity index (χ0) is 14.0. The molecule has 0 aliphatic carbocycles. The van der Waals surface area contributed by atoms with E-state index in [1.807, 2.05) is 6.07 Å². The van der Waals surface area contributed by atoms with Crippen molar-refractivity contribution < 1.29 is 9.50 Å². The highest BCUT2D eigenvalue weighted by atomic mass is 19.1. The van der Waals surface area contributed by atoms with Crippen LogP contribution in [0.25, 0.3) is 0 Å². The minimum atomic E-state index is -0.775. The second-order valence-corrected chi connectivity index (χ2v) is 5.53. The third kappa shape index (κ3) is 3.07. The molecule has 1 N–H and O–H groups in total. The molecular weight excluding hydrogens is 243 g/mol. The van der Waals surface area contributed by atoms with Crippen molar-refractivity contribution in [3.05, 3.63) is 29.6 Å². The van der Waals surface area contributed by atoms with Gasteiger partial charge < -0.3 is 14.9 Å². The normalized spacial score (nSPS) is 18.9. The number of aliphatic hydroxyl groups excluding tert-OH is 1. The molecule has 106 valence electrons. The van der Waals surface area contributed by atoms with Crippen LogP contribution in [0.5, 0.6) is 0 Å². The average molecular weight is 266 g/mol. The number of hydrogen-bond donors (Lipinski definition) is 1. The Kier molecular flexibility index (Phi) is 4.42.